The summed E-state index contributed by atoms with van der Waals surface area (Å²) in [6.45, 7) is 3.11. The Balaban J connectivity index is 1.34. The van der Waals surface area contributed by atoms with Crippen LogP contribution in [0.5, 0.6) is 0 Å². The number of halogens is 1. The predicted octanol–water partition coefficient (Wildman–Crippen LogP) is 3.19. The highest BCUT2D eigenvalue weighted by molar-refractivity contribution is 5.73. The van der Waals surface area contributed by atoms with Crippen molar-refractivity contribution in [2.24, 2.45) is 5.92 Å². The molecule has 1 unspecified atom stereocenters. The van der Waals surface area contributed by atoms with Gasteiger partial charge in [-0.3, -0.25) is 0 Å². The summed E-state index contributed by atoms with van der Waals surface area (Å²) in [5, 5.41) is 5.85. The van der Waals surface area contributed by atoms with Crippen LogP contribution in [0.2, 0.25) is 0 Å². The Labute approximate surface area is 148 Å². The number of amides is 2. The van der Waals surface area contributed by atoms with Gasteiger partial charge in [-0.25, -0.2) is 9.18 Å². The summed E-state index contributed by atoms with van der Waals surface area (Å²) < 4.78 is 13.0. The molecule has 0 spiro atoms. The monoisotopic (exact) mass is 341 g/mol. The first kappa shape index (κ1) is 17.3. The molecule has 4 nitrogen and oxygen atoms in total. The molecule has 3 rings (SSSR count). The summed E-state index contributed by atoms with van der Waals surface area (Å²) in [6.07, 6.45) is 1.86. The molecule has 2 aromatic rings. The Morgan fingerprint density at radius 1 is 1.08 bits per heavy atom. The molecule has 25 heavy (non-hydrogen) atoms. The van der Waals surface area contributed by atoms with Crippen molar-refractivity contribution in [3.63, 3.8) is 0 Å². The van der Waals surface area contributed by atoms with E-state index in [1.165, 1.54) is 17.7 Å². The summed E-state index contributed by atoms with van der Waals surface area (Å²) in [4.78, 5) is 14.1. The van der Waals surface area contributed by atoms with Gasteiger partial charge in [0.15, 0.2) is 0 Å². The summed E-state index contributed by atoms with van der Waals surface area (Å²) in [6, 6.07) is 16.6. The predicted molar refractivity (Wildman–Crippen MR) is 98.3 cm³/mol. The summed E-state index contributed by atoms with van der Waals surface area (Å²) >= 11 is 0. The first-order valence-corrected chi connectivity index (χ1v) is 8.77. The van der Waals surface area contributed by atoms with Gasteiger partial charge in [0.05, 0.1) is 0 Å². The zero-order valence-electron chi connectivity index (χ0n) is 14.2. The number of nitrogens with one attached hydrogen (secondary N) is 2. The minimum Gasteiger partial charge on any atom is -0.371 e. The van der Waals surface area contributed by atoms with Gasteiger partial charge in [0.25, 0.3) is 0 Å². The van der Waals surface area contributed by atoms with E-state index < -0.39 is 0 Å². The van der Waals surface area contributed by atoms with E-state index in [0.717, 1.165) is 31.6 Å². The lowest BCUT2D eigenvalue weighted by atomic mass is 10.1. The fraction of sp³-hybridized carbons (Fsp3) is 0.350. The Kier molecular flexibility index (Phi) is 5.88. The molecule has 5 heteroatoms. The molecular weight excluding hydrogens is 317 g/mol. The van der Waals surface area contributed by atoms with E-state index in [9.17, 15) is 9.18 Å². The number of carbonyl (C=O) groups excluding carboxylic acids is 1. The second-order valence-electron chi connectivity index (χ2n) is 6.45. The van der Waals surface area contributed by atoms with E-state index in [4.69, 9.17) is 0 Å². The second-order valence-corrected chi connectivity index (χ2v) is 6.45. The van der Waals surface area contributed by atoms with E-state index >= 15 is 0 Å². The van der Waals surface area contributed by atoms with Crippen LogP contribution >= 0.6 is 0 Å². The number of benzene rings is 2. The van der Waals surface area contributed by atoms with Crippen molar-refractivity contribution >= 4 is 11.7 Å². The molecule has 0 aromatic heterocycles. The van der Waals surface area contributed by atoms with Crippen molar-refractivity contribution in [2.45, 2.75) is 12.8 Å². The molecule has 1 heterocycles. The zero-order chi connectivity index (χ0) is 17.5. The molecular formula is C20H24FN3O. The molecule has 2 aromatic carbocycles. The van der Waals surface area contributed by atoms with Gasteiger partial charge in [-0.1, -0.05) is 30.3 Å². The molecule has 0 bridgehead atoms. The van der Waals surface area contributed by atoms with Crippen LogP contribution in [0.3, 0.4) is 0 Å². The van der Waals surface area contributed by atoms with Crippen LogP contribution < -0.4 is 15.5 Å². The van der Waals surface area contributed by atoms with Crippen LogP contribution in [0, 0.1) is 11.7 Å². The maximum absolute atomic E-state index is 13.0. The lowest BCUT2D eigenvalue weighted by Crippen LogP contribution is -2.39. The van der Waals surface area contributed by atoms with Crippen molar-refractivity contribution in [3.8, 4) is 0 Å². The fourth-order valence-corrected chi connectivity index (χ4v) is 3.15. The quantitative estimate of drug-likeness (QED) is 0.847. The van der Waals surface area contributed by atoms with Crippen LogP contribution in [0.4, 0.5) is 14.9 Å². The van der Waals surface area contributed by atoms with Crippen molar-refractivity contribution in [1.82, 2.24) is 10.6 Å². The minimum absolute atomic E-state index is 0.115. The van der Waals surface area contributed by atoms with Gasteiger partial charge in [-0.2, -0.15) is 0 Å². The number of urea groups is 1. The Hall–Kier alpha value is -2.56. The number of nitrogens with zero attached hydrogens (tertiary/aromatic N) is 1. The molecule has 1 fully saturated rings. The summed E-state index contributed by atoms with van der Waals surface area (Å²) in [5.74, 6) is 0.207. The van der Waals surface area contributed by atoms with E-state index in [2.05, 4.69) is 27.7 Å². The van der Waals surface area contributed by atoms with E-state index in [1.54, 1.807) is 12.1 Å². The molecule has 1 aliphatic rings. The number of hydrogen-bond acceptors (Lipinski definition) is 2. The largest absolute Gasteiger partial charge is 0.371 e. The molecule has 0 radical (unpaired) electrons. The topological polar surface area (TPSA) is 44.4 Å². The van der Waals surface area contributed by atoms with Crippen molar-refractivity contribution in [1.29, 1.82) is 0 Å². The first-order chi connectivity index (χ1) is 12.2. The first-order valence-electron chi connectivity index (χ1n) is 8.77. The molecule has 2 amide bonds. The number of carbonyl (C=O) groups is 1. The van der Waals surface area contributed by atoms with Crippen LogP contribution in [-0.2, 0) is 6.42 Å². The van der Waals surface area contributed by atoms with Gasteiger partial charge < -0.3 is 15.5 Å². The number of anilines is 1. The molecule has 1 aliphatic heterocycles. The van der Waals surface area contributed by atoms with Crippen LogP contribution in [0.15, 0.2) is 54.6 Å². The third-order valence-electron chi connectivity index (χ3n) is 4.57. The van der Waals surface area contributed by atoms with Gasteiger partial charge in [0.1, 0.15) is 5.82 Å². The fourth-order valence-electron chi connectivity index (χ4n) is 3.15. The molecule has 1 atom stereocenters. The van der Waals surface area contributed by atoms with Crippen molar-refractivity contribution in [2.75, 3.05) is 31.1 Å². The highest BCUT2D eigenvalue weighted by atomic mass is 19.1. The molecule has 0 aliphatic carbocycles. The minimum atomic E-state index is -0.215. The summed E-state index contributed by atoms with van der Waals surface area (Å²) in [7, 11) is 0. The smallest absolute Gasteiger partial charge is 0.314 e. The maximum atomic E-state index is 13.0. The molecule has 2 N–H and O–H groups in total. The van der Waals surface area contributed by atoms with E-state index in [-0.39, 0.29) is 11.8 Å². The number of rotatable bonds is 6. The van der Waals surface area contributed by atoms with E-state index in [0.29, 0.717) is 19.0 Å². The average molecular weight is 341 g/mol. The van der Waals surface area contributed by atoms with Gasteiger partial charge in [-0.05, 0) is 48.6 Å². The SMILES string of the molecule is O=C(NCCc1ccccc1)NCC1CCN(c2ccc(F)cc2)C1. The van der Waals surface area contributed by atoms with Gasteiger partial charge in [-0.15, -0.1) is 0 Å². The Bertz CT molecular complexity index is 675. The van der Waals surface area contributed by atoms with Gasteiger partial charge in [0, 0.05) is 31.9 Å². The van der Waals surface area contributed by atoms with Gasteiger partial charge in [0.2, 0.25) is 0 Å². The molecule has 0 saturated carbocycles. The lowest BCUT2D eigenvalue weighted by Gasteiger charge is -2.19. The zero-order valence-corrected chi connectivity index (χ0v) is 14.2. The highest BCUT2D eigenvalue weighted by Gasteiger charge is 2.23. The average Bonchev–Trinajstić information content (AvgIpc) is 3.10. The normalized spacial score (nSPS) is 16.7. The second kappa shape index (κ2) is 8.51. The van der Waals surface area contributed by atoms with Crippen LogP contribution in [0.25, 0.3) is 0 Å². The van der Waals surface area contributed by atoms with Crippen molar-refractivity contribution < 1.29 is 9.18 Å². The Morgan fingerprint density at radius 3 is 2.60 bits per heavy atom. The highest BCUT2D eigenvalue weighted by Crippen LogP contribution is 2.23. The Morgan fingerprint density at radius 2 is 1.84 bits per heavy atom. The van der Waals surface area contributed by atoms with Crippen LogP contribution in [-0.4, -0.2) is 32.2 Å². The third-order valence-corrected chi connectivity index (χ3v) is 4.57. The third kappa shape index (κ3) is 5.21. The number of hydrogen-bond donors (Lipinski definition) is 2. The lowest BCUT2D eigenvalue weighted by molar-refractivity contribution is 0.239. The summed E-state index contributed by atoms with van der Waals surface area (Å²) in [5.41, 5.74) is 2.25. The van der Waals surface area contributed by atoms with Crippen molar-refractivity contribution in [3.05, 3.63) is 66.0 Å². The molecule has 1 saturated heterocycles. The van der Waals surface area contributed by atoms with Gasteiger partial charge >= 0.3 is 6.03 Å². The van der Waals surface area contributed by atoms with Crippen LogP contribution in [0.1, 0.15) is 12.0 Å². The maximum Gasteiger partial charge on any atom is 0.314 e. The van der Waals surface area contributed by atoms with E-state index in [1.807, 2.05) is 18.2 Å². The standard InChI is InChI=1S/C20H24FN3O/c21-18-6-8-19(9-7-18)24-13-11-17(15-24)14-23-20(25)22-12-10-16-4-2-1-3-5-16/h1-9,17H,10-15H2,(H2,22,23,25). The molecule has 132 valence electrons.